The molecule has 1 N–H and O–H groups in total. The van der Waals surface area contributed by atoms with Gasteiger partial charge in [0, 0.05) is 12.7 Å². The maximum absolute atomic E-state index is 12.8. The summed E-state index contributed by atoms with van der Waals surface area (Å²) in [6.45, 7) is 1.89. The zero-order valence-corrected chi connectivity index (χ0v) is 10.9. The Morgan fingerprint density at radius 2 is 2.21 bits per heavy atom. The van der Waals surface area contributed by atoms with Crippen LogP contribution in [0.25, 0.3) is 0 Å². The molecule has 0 aromatic carbocycles. The van der Waals surface area contributed by atoms with Gasteiger partial charge in [0.25, 0.3) is 0 Å². The molecule has 108 valence electrons. The van der Waals surface area contributed by atoms with Crippen molar-refractivity contribution in [1.29, 1.82) is 0 Å². The van der Waals surface area contributed by atoms with E-state index < -0.39 is 24.1 Å². The molecule has 0 bridgehead atoms. The summed E-state index contributed by atoms with van der Waals surface area (Å²) in [5.41, 5.74) is 4.22. The Morgan fingerprint density at radius 3 is 2.79 bits per heavy atom. The summed E-state index contributed by atoms with van der Waals surface area (Å²) >= 11 is 0. The second-order valence-corrected chi connectivity index (χ2v) is 4.86. The van der Waals surface area contributed by atoms with Crippen molar-refractivity contribution in [3.63, 3.8) is 0 Å². The Balaban J connectivity index is 2.18. The predicted octanol–water partition coefficient (Wildman–Crippen LogP) is 1.98. The number of allylic oxidation sites excluding steroid dienone is 1. The lowest BCUT2D eigenvalue weighted by Gasteiger charge is -2.26. The topological polar surface area (TPSA) is 41.6 Å². The molecule has 7 heteroatoms. The molecule has 1 heterocycles. The lowest BCUT2D eigenvalue weighted by Crippen LogP contribution is -2.42. The number of rotatable bonds is 2. The number of hydrogen-bond acceptors (Lipinski definition) is 4. The van der Waals surface area contributed by atoms with Gasteiger partial charge >= 0.3 is 12.1 Å². The summed E-state index contributed by atoms with van der Waals surface area (Å²) < 4.78 is 43.3. The highest BCUT2D eigenvalue weighted by molar-refractivity contribution is 5.80. The fourth-order valence-corrected chi connectivity index (χ4v) is 2.69. The van der Waals surface area contributed by atoms with Gasteiger partial charge in [0.1, 0.15) is 6.04 Å². The maximum atomic E-state index is 12.8. The summed E-state index contributed by atoms with van der Waals surface area (Å²) in [6, 6.07) is -0.736. The number of hydrazine groups is 1. The van der Waals surface area contributed by atoms with E-state index in [9.17, 15) is 18.0 Å². The van der Waals surface area contributed by atoms with Crippen molar-refractivity contribution in [3.05, 3.63) is 11.3 Å². The molecule has 4 nitrogen and oxygen atoms in total. The van der Waals surface area contributed by atoms with Crippen LogP contribution in [-0.4, -0.2) is 36.9 Å². The molecule has 0 fully saturated rings. The highest BCUT2D eigenvalue weighted by Gasteiger charge is 2.47. The lowest BCUT2D eigenvalue weighted by atomic mass is 9.84. The van der Waals surface area contributed by atoms with Crippen LogP contribution in [0, 0.1) is 5.92 Å². The Morgan fingerprint density at radius 1 is 1.53 bits per heavy atom. The van der Waals surface area contributed by atoms with Crippen molar-refractivity contribution in [3.8, 4) is 0 Å². The van der Waals surface area contributed by atoms with Gasteiger partial charge in [-0.1, -0.05) is 0 Å². The highest BCUT2D eigenvalue weighted by atomic mass is 19.4. The van der Waals surface area contributed by atoms with Crippen LogP contribution in [0.15, 0.2) is 11.3 Å². The molecule has 2 atom stereocenters. The summed E-state index contributed by atoms with van der Waals surface area (Å²) in [4.78, 5) is 11.8. The van der Waals surface area contributed by atoms with E-state index in [0.29, 0.717) is 12.0 Å². The van der Waals surface area contributed by atoms with Crippen LogP contribution in [-0.2, 0) is 9.53 Å². The number of ether oxygens (including phenoxy) is 1. The SMILES string of the molecule is CCOC(=O)[C@@H]1C2=C(CCC(C(F)(F)F)C2)NN1C. The maximum Gasteiger partial charge on any atom is 0.392 e. The minimum atomic E-state index is -4.21. The molecule has 19 heavy (non-hydrogen) atoms. The number of halogens is 3. The Bertz CT molecular complexity index is 406. The largest absolute Gasteiger partial charge is 0.465 e. The Kier molecular flexibility index (Phi) is 3.75. The van der Waals surface area contributed by atoms with E-state index in [1.54, 1.807) is 14.0 Å². The van der Waals surface area contributed by atoms with E-state index in [4.69, 9.17) is 4.74 Å². The molecule has 1 unspecified atom stereocenters. The molecule has 0 aromatic heterocycles. The Labute approximate surface area is 109 Å². The number of esters is 1. The molecule has 0 spiro atoms. The van der Waals surface area contributed by atoms with E-state index in [1.165, 1.54) is 5.01 Å². The molecule has 2 aliphatic rings. The van der Waals surface area contributed by atoms with Crippen molar-refractivity contribution in [1.82, 2.24) is 10.4 Å². The lowest BCUT2D eigenvalue weighted by molar-refractivity contribution is -0.177. The minimum absolute atomic E-state index is 0.0682. The number of hydrogen-bond donors (Lipinski definition) is 1. The summed E-state index contributed by atoms with van der Waals surface area (Å²) in [7, 11) is 1.64. The van der Waals surface area contributed by atoms with Crippen molar-refractivity contribution in [2.75, 3.05) is 13.7 Å². The van der Waals surface area contributed by atoms with Crippen LogP contribution in [0.1, 0.15) is 26.2 Å². The van der Waals surface area contributed by atoms with Gasteiger partial charge in [0.15, 0.2) is 0 Å². The average Bonchev–Trinajstić information content (AvgIpc) is 2.62. The third-order valence-electron chi connectivity index (χ3n) is 3.60. The van der Waals surface area contributed by atoms with Crippen LogP contribution in [0.3, 0.4) is 0 Å². The van der Waals surface area contributed by atoms with Crippen LogP contribution in [0.4, 0.5) is 13.2 Å². The number of likely N-dealkylation sites (N-methyl/N-ethyl adjacent to an activating group) is 1. The molecule has 0 saturated heterocycles. The third-order valence-corrected chi connectivity index (χ3v) is 3.60. The zero-order chi connectivity index (χ0) is 14.2. The molecule has 0 saturated carbocycles. The van der Waals surface area contributed by atoms with Crippen molar-refractivity contribution in [2.45, 2.75) is 38.4 Å². The fourth-order valence-electron chi connectivity index (χ4n) is 2.69. The van der Waals surface area contributed by atoms with Gasteiger partial charge in [-0.3, -0.25) is 0 Å². The molecule has 0 amide bonds. The van der Waals surface area contributed by atoms with Gasteiger partial charge in [0.05, 0.1) is 12.5 Å². The van der Waals surface area contributed by atoms with Gasteiger partial charge < -0.3 is 10.2 Å². The first kappa shape index (κ1) is 14.2. The summed E-state index contributed by atoms with van der Waals surface area (Å²) in [5.74, 6) is -1.86. The number of nitrogens with one attached hydrogen (secondary N) is 1. The van der Waals surface area contributed by atoms with Gasteiger partial charge in [-0.25, -0.2) is 9.80 Å². The van der Waals surface area contributed by atoms with Crippen LogP contribution in [0.5, 0.6) is 0 Å². The van der Waals surface area contributed by atoms with E-state index in [2.05, 4.69) is 5.43 Å². The van der Waals surface area contributed by atoms with Crippen molar-refractivity contribution in [2.24, 2.45) is 5.92 Å². The van der Waals surface area contributed by atoms with E-state index in [-0.39, 0.29) is 19.4 Å². The van der Waals surface area contributed by atoms with E-state index >= 15 is 0 Å². The molecular weight excluding hydrogens is 261 g/mol. The predicted molar refractivity (Wildman–Crippen MR) is 61.7 cm³/mol. The van der Waals surface area contributed by atoms with Crippen LogP contribution in [0.2, 0.25) is 0 Å². The van der Waals surface area contributed by atoms with Gasteiger partial charge in [-0.2, -0.15) is 13.2 Å². The molecule has 1 aliphatic carbocycles. The van der Waals surface area contributed by atoms with Gasteiger partial charge in [0.2, 0.25) is 0 Å². The first-order valence-corrected chi connectivity index (χ1v) is 6.29. The molecular formula is C12H17F3N2O2. The van der Waals surface area contributed by atoms with Crippen LogP contribution >= 0.6 is 0 Å². The number of carbonyl (C=O) groups is 1. The van der Waals surface area contributed by atoms with Crippen LogP contribution < -0.4 is 5.43 Å². The highest BCUT2D eigenvalue weighted by Crippen LogP contribution is 2.42. The quantitative estimate of drug-likeness (QED) is 0.784. The second-order valence-electron chi connectivity index (χ2n) is 4.86. The second kappa shape index (κ2) is 5.03. The number of nitrogens with zero attached hydrogens (tertiary/aromatic N) is 1. The van der Waals surface area contributed by atoms with E-state index in [1.807, 2.05) is 0 Å². The molecule has 2 rings (SSSR count). The summed E-state index contributed by atoms with van der Waals surface area (Å²) in [6.07, 6.45) is -3.95. The number of alkyl halides is 3. The molecule has 0 radical (unpaired) electrons. The Hall–Kier alpha value is -1.24. The number of carbonyl (C=O) groups excluding carboxylic acids is 1. The smallest absolute Gasteiger partial charge is 0.392 e. The monoisotopic (exact) mass is 278 g/mol. The van der Waals surface area contributed by atoms with E-state index in [0.717, 1.165) is 5.70 Å². The summed E-state index contributed by atoms with van der Waals surface area (Å²) in [5, 5.41) is 1.53. The van der Waals surface area contributed by atoms with Gasteiger partial charge in [-0.05, 0) is 31.8 Å². The fraction of sp³-hybridized carbons (Fsp3) is 0.750. The first-order valence-electron chi connectivity index (χ1n) is 6.29. The average molecular weight is 278 g/mol. The van der Waals surface area contributed by atoms with Crippen molar-refractivity contribution >= 4 is 5.97 Å². The standard InChI is InChI=1S/C12H17F3N2O2/c1-3-19-11(18)10-8-6-7(12(13,14)15)4-5-9(8)16-17(10)2/h7,10,16H,3-6H2,1-2H3/t7?,10-/m0/s1. The third kappa shape index (κ3) is 2.70. The molecule has 1 aliphatic heterocycles. The molecule has 0 aromatic rings. The van der Waals surface area contributed by atoms with Gasteiger partial charge in [-0.15, -0.1) is 0 Å². The van der Waals surface area contributed by atoms with Crippen molar-refractivity contribution < 1.29 is 22.7 Å². The minimum Gasteiger partial charge on any atom is -0.465 e. The zero-order valence-electron chi connectivity index (χ0n) is 10.9. The normalized spacial score (nSPS) is 28.1. The first-order chi connectivity index (χ1) is 8.84.